The van der Waals surface area contributed by atoms with Gasteiger partial charge in [-0.3, -0.25) is 14.2 Å². The number of carbonyl (C=O) groups is 1. The SMILES string of the molecule is CCC(C(=O)NC(C)c1ccnn1CC)n1nc(C)c(Cl)c1C. The van der Waals surface area contributed by atoms with Gasteiger partial charge in [0.15, 0.2) is 0 Å². The number of hydrogen-bond acceptors (Lipinski definition) is 3. The van der Waals surface area contributed by atoms with E-state index in [-0.39, 0.29) is 18.0 Å². The first-order valence-electron chi connectivity index (χ1n) is 7.93. The van der Waals surface area contributed by atoms with Crippen molar-refractivity contribution >= 4 is 17.5 Å². The van der Waals surface area contributed by atoms with Gasteiger partial charge in [0.2, 0.25) is 5.91 Å². The van der Waals surface area contributed by atoms with Crippen LogP contribution in [0.25, 0.3) is 0 Å². The zero-order valence-corrected chi connectivity index (χ0v) is 15.1. The zero-order valence-electron chi connectivity index (χ0n) is 14.3. The van der Waals surface area contributed by atoms with Crippen molar-refractivity contribution in [2.24, 2.45) is 0 Å². The molecule has 0 radical (unpaired) electrons. The van der Waals surface area contributed by atoms with Crippen LogP contribution in [0.15, 0.2) is 12.3 Å². The molecular formula is C16H24ClN5O. The molecule has 6 nitrogen and oxygen atoms in total. The lowest BCUT2D eigenvalue weighted by Gasteiger charge is -2.21. The highest BCUT2D eigenvalue weighted by atomic mass is 35.5. The summed E-state index contributed by atoms with van der Waals surface area (Å²) in [6, 6.07) is 1.43. The molecule has 126 valence electrons. The van der Waals surface area contributed by atoms with Crippen LogP contribution < -0.4 is 5.32 Å². The van der Waals surface area contributed by atoms with Gasteiger partial charge in [0.1, 0.15) is 6.04 Å². The molecule has 1 N–H and O–H groups in total. The van der Waals surface area contributed by atoms with Crippen molar-refractivity contribution in [1.29, 1.82) is 0 Å². The van der Waals surface area contributed by atoms with Gasteiger partial charge in [-0.1, -0.05) is 18.5 Å². The largest absolute Gasteiger partial charge is 0.346 e. The minimum absolute atomic E-state index is 0.0638. The van der Waals surface area contributed by atoms with E-state index in [0.29, 0.717) is 11.4 Å². The first-order chi connectivity index (χ1) is 10.9. The summed E-state index contributed by atoms with van der Waals surface area (Å²) in [6.45, 7) is 10.5. The number of hydrogen-bond donors (Lipinski definition) is 1. The normalized spacial score (nSPS) is 13.8. The van der Waals surface area contributed by atoms with Gasteiger partial charge in [-0.15, -0.1) is 0 Å². The second kappa shape index (κ2) is 7.17. The predicted octanol–water partition coefficient (Wildman–Crippen LogP) is 3.20. The van der Waals surface area contributed by atoms with Crippen molar-refractivity contribution in [3.63, 3.8) is 0 Å². The van der Waals surface area contributed by atoms with Gasteiger partial charge in [0.25, 0.3) is 0 Å². The highest BCUT2D eigenvalue weighted by molar-refractivity contribution is 6.31. The van der Waals surface area contributed by atoms with E-state index in [9.17, 15) is 4.79 Å². The van der Waals surface area contributed by atoms with E-state index < -0.39 is 0 Å². The summed E-state index contributed by atoms with van der Waals surface area (Å²) in [7, 11) is 0. The van der Waals surface area contributed by atoms with E-state index in [1.54, 1.807) is 10.9 Å². The molecule has 0 aliphatic heterocycles. The van der Waals surface area contributed by atoms with Crippen LogP contribution in [0, 0.1) is 13.8 Å². The molecule has 23 heavy (non-hydrogen) atoms. The van der Waals surface area contributed by atoms with Crippen LogP contribution in [0.1, 0.15) is 56.4 Å². The third kappa shape index (κ3) is 3.42. The first kappa shape index (κ1) is 17.5. The average Bonchev–Trinajstić information content (AvgIpc) is 3.09. The van der Waals surface area contributed by atoms with Gasteiger partial charge in [-0.05, 0) is 40.2 Å². The number of nitrogens with one attached hydrogen (secondary N) is 1. The molecule has 0 saturated carbocycles. The Balaban J connectivity index is 2.19. The third-order valence-electron chi connectivity index (χ3n) is 4.07. The van der Waals surface area contributed by atoms with E-state index in [0.717, 1.165) is 23.6 Å². The Bertz CT molecular complexity index is 691. The summed E-state index contributed by atoms with van der Waals surface area (Å²) in [4.78, 5) is 12.7. The molecule has 2 atom stereocenters. The van der Waals surface area contributed by atoms with Crippen molar-refractivity contribution < 1.29 is 4.79 Å². The van der Waals surface area contributed by atoms with E-state index in [2.05, 4.69) is 15.5 Å². The molecule has 1 amide bonds. The Morgan fingerprint density at radius 1 is 1.39 bits per heavy atom. The topological polar surface area (TPSA) is 64.7 Å². The second-order valence-electron chi connectivity index (χ2n) is 5.66. The average molecular weight is 338 g/mol. The quantitative estimate of drug-likeness (QED) is 0.880. The van der Waals surface area contributed by atoms with E-state index in [4.69, 9.17) is 11.6 Å². The Labute approximate surface area is 141 Å². The molecule has 0 fully saturated rings. The van der Waals surface area contributed by atoms with Crippen LogP contribution >= 0.6 is 11.6 Å². The number of nitrogens with zero attached hydrogens (tertiary/aromatic N) is 4. The maximum atomic E-state index is 12.7. The van der Waals surface area contributed by atoms with Crippen molar-refractivity contribution in [2.75, 3.05) is 0 Å². The van der Waals surface area contributed by atoms with Crippen LogP contribution in [-0.2, 0) is 11.3 Å². The van der Waals surface area contributed by atoms with E-state index >= 15 is 0 Å². The van der Waals surface area contributed by atoms with Gasteiger partial charge in [-0.25, -0.2) is 0 Å². The summed E-state index contributed by atoms with van der Waals surface area (Å²) < 4.78 is 3.60. The van der Waals surface area contributed by atoms with Crippen molar-refractivity contribution in [3.8, 4) is 0 Å². The molecule has 2 aromatic heterocycles. The molecule has 2 rings (SSSR count). The molecule has 7 heteroatoms. The molecule has 0 saturated heterocycles. The fourth-order valence-corrected chi connectivity index (χ4v) is 2.90. The molecule has 2 aromatic rings. The maximum absolute atomic E-state index is 12.7. The Morgan fingerprint density at radius 2 is 2.09 bits per heavy atom. The fraction of sp³-hybridized carbons (Fsp3) is 0.562. The predicted molar refractivity (Wildman–Crippen MR) is 90.5 cm³/mol. The Hall–Kier alpha value is -1.82. The minimum atomic E-state index is -0.373. The highest BCUT2D eigenvalue weighted by Crippen LogP contribution is 2.24. The Kier molecular flexibility index (Phi) is 5.46. The van der Waals surface area contributed by atoms with Gasteiger partial charge in [0.05, 0.1) is 28.1 Å². The number of aromatic nitrogens is 4. The summed E-state index contributed by atoms with van der Waals surface area (Å²) in [6.07, 6.45) is 2.39. The monoisotopic (exact) mass is 337 g/mol. The van der Waals surface area contributed by atoms with Crippen LogP contribution in [-0.4, -0.2) is 25.5 Å². The smallest absolute Gasteiger partial charge is 0.245 e. The standard InChI is InChI=1S/C16H24ClN5O/c1-6-13(22-12(5)15(17)11(4)20-22)16(23)19-10(3)14-8-9-18-21(14)7-2/h8-10,13H,6-7H2,1-5H3,(H,19,23). The maximum Gasteiger partial charge on any atom is 0.245 e. The summed E-state index contributed by atoms with van der Waals surface area (Å²) >= 11 is 6.20. The van der Waals surface area contributed by atoms with Gasteiger partial charge >= 0.3 is 0 Å². The highest BCUT2D eigenvalue weighted by Gasteiger charge is 2.25. The molecule has 0 aromatic carbocycles. The van der Waals surface area contributed by atoms with Crippen molar-refractivity contribution in [1.82, 2.24) is 24.9 Å². The van der Waals surface area contributed by atoms with Crippen LogP contribution in [0.3, 0.4) is 0 Å². The fourth-order valence-electron chi connectivity index (χ4n) is 2.77. The van der Waals surface area contributed by atoms with Crippen LogP contribution in [0.4, 0.5) is 0 Å². The van der Waals surface area contributed by atoms with E-state index in [1.807, 2.05) is 45.4 Å². The van der Waals surface area contributed by atoms with Crippen molar-refractivity contribution in [3.05, 3.63) is 34.4 Å². The number of rotatable bonds is 6. The lowest BCUT2D eigenvalue weighted by molar-refractivity contribution is -0.125. The molecule has 2 heterocycles. The Morgan fingerprint density at radius 3 is 2.61 bits per heavy atom. The van der Waals surface area contributed by atoms with E-state index in [1.165, 1.54) is 0 Å². The number of carbonyl (C=O) groups excluding carboxylic acids is 1. The molecule has 0 bridgehead atoms. The zero-order chi connectivity index (χ0) is 17.1. The van der Waals surface area contributed by atoms with Crippen LogP contribution in [0.5, 0.6) is 0 Å². The second-order valence-corrected chi connectivity index (χ2v) is 6.03. The van der Waals surface area contributed by atoms with Crippen LogP contribution in [0.2, 0.25) is 5.02 Å². The van der Waals surface area contributed by atoms with Gasteiger partial charge in [0, 0.05) is 12.7 Å². The summed E-state index contributed by atoms with van der Waals surface area (Å²) in [5, 5.41) is 12.3. The molecule has 2 unspecified atom stereocenters. The number of aryl methyl sites for hydroxylation is 2. The molecule has 0 aliphatic rings. The summed E-state index contributed by atoms with van der Waals surface area (Å²) in [5.41, 5.74) is 2.55. The number of amides is 1. The molecule has 0 spiro atoms. The molecule has 0 aliphatic carbocycles. The minimum Gasteiger partial charge on any atom is -0.346 e. The van der Waals surface area contributed by atoms with Crippen molar-refractivity contribution in [2.45, 2.75) is 59.7 Å². The summed E-state index contributed by atoms with van der Waals surface area (Å²) in [5.74, 6) is -0.0638. The molecular weight excluding hydrogens is 314 g/mol. The third-order valence-corrected chi connectivity index (χ3v) is 4.62. The lowest BCUT2D eigenvalue weighted by atomic mass is 10.1. The van der Waals surface area contributed by atoms with Gasteiger partial charge < -0.3 is 5.32 Å². The lowest BCUT2D eigenvalue weighted by Crippen LogP contribution is -2.35. The van der Waals surface area contributed by atoms with Gasteiger partial charge in [-0.2, -0.15) is 10.2 Å². The first-order valence-corrected chi connectivity index (χ1v) is 8.31. The number of halogens is 1.